The van der Waals surface area contributed by atoms with Crippen molar-refractivity contribution in [1.29, 1.82) is 0 Å². The highest BCUT2D eigenvalue weighted by molar-refractivity contribution is 5.90. The van der Waals surface area contributed by atoms with Crippen LogP contribution in [0.15, 0.2) is 79.3 Å². The fourth-order valence-electron chi connectivity index (χ4n) is 3.27. The molecule has 5 N–H and O–H groups in total. The first-order valence-corrected chi connectivity index (χ1v) is 11.8. The predicted octanol–water partition coefficient (Wildman–Crippen LogP) is 1.61. The number of hydrogen-bond acceptors (Lipinski definition) is 9. The van der Waals surface area contributed by atoms with Crippen LogP contribution in [0.1, 0.15) is 5.69 Å². The number of anilines is 1. The SMILES string of the molecule is O=C(O)/C=C\C(=O)O.O=C(O)/C=C\C(=O)O.c1ccc(-c2ncc(CN3CCN(c4ncccn4)CC3)[nH]2)cc1. The lowest BCUT2D eigenvalue weighted by molar-refractivity contribution is -0.134. The molecule has 0 unspecified atom stereocenters. The Hall–Kier alpha value is -5.37. The molecule has 1 aromatic carbocycles. The van der Waals surface area contributed by atoms with Gasteiger partial charge < -0.3 is 30.3 Å². The largest absolute Gasteiger partial charge is 0.478 e. The van der Waals surface area contributed by atoms with Crippen LogP contribution in [0.4, 0.5) is 5.95 Å². The van der Waals surface area contributed by atoms with E-state index < -0.39 is 23.9 Å². The normalized spacial score (nSPS) is 13.2. The third-order valence-corrected chi connectivity index (χ3v) is 5.01. The number of carbonyl (C=O) groups is 4. The molecule has 1 fully saturated rings. The number of nitrogens with one attached hydrogen (secondary N) is 1. The van der Waals surface area contributed by atoms with E-state index in [0.717, 1.165) is 55.8 Å². The van der Waals surface area contributed by atoms with Crippen molar-refractivity contribution in [2.24, 2.45) is 0 Å². The first-order chi connectivity index (χ1) is 19.1. The van der Waals surface area contributed by atoms with E-state index in [2.05, 4.69) is 41.9 Å². The third-order valence-electron chi connectivity index (χ3n) is 5.01. The van der Waals surface area contributed by atoms with Gasteiger partial charge in [-0.3, -0.25) is 4.90 Å². The van der Waals surface area contributed by atoms with E-state index >= 15 is 0 Å². The van der Waals surface area contributed by atoms with Gasteiger partial charge in [-0.2, -0.15) is 0 Å². The Morgan fingerprint density at radius 2 is 1.23 bits per heavy atom. The minimum absolute atomic E-state index is 0.558. The second kappa shape index (κ2) is 16.5. The van der Waals surface area contributed by atoms with Crippen molar-refractivity contribution in [3.05, 3.63) is 85.0 Å². The molecule has 40 heavy (non-hydrogen) atoms. The number of imidazole rings is 1. The smallest absolute Gasteiger partial charge is 0.328 e. The highest BCUT2D eigenvalue weighted by atomic mass is 16.4. The van der Waals surface area contributed by atoms with Crippen molar-refractivity contribution in [2.75, 3.05) is 31.1 Å². The zero-order valence-electron chi connectivity index (χ0n) is 21.2. The van der Waals surface area contributed by atoms with Gasteiger partial charge in [-0.05, 0) is 6.07 Å². The molecule has 1 aliphatic rings. The fraction of sp³-hybridized carbons (Fsp3) is 0.192. The molecule has 14 heteroatoms. The van der Waals surface area contributed by atoms with Gasteiger partial charge in [0.2, 0.25) is 5.95 Å². The van der Waals surface area contributed by atoms with Crippen LogP contribution in [-0.4, -0.2) is 95.3 Å². The van der Waals surface area contributed by atoms with Crippen LogP contribution in [0.5, 0.6) is 0 Å². The minimum atomic E-state index is -1.26. The Morgan fingerprint density at radius 1 is 0.725 bits per heavy atom. The van der Waals surface area contributed by atoms with E-state index in [1.165, 1.54) is 0 Å². The van der Waals surface area contributed by atoms with Gasteiger partial charge in [-0.1, -0.05) is 30.3 Å². The first kappa shape index (κ1) is 30.9. The Kier molecular flexibility index (Phi) is 12.7. The Bertz CT molecular complexity index is 1240. The molecule has 0 saturated carbocycles. The lowest BCUT2D eigenvalue weighted by Crippen LogP contribution is -2.46. The summed E-state index contributed by atoms with van der Waals surface area (Å²) >= 11 is 0. The quantitative estimate of drug-likeness (QED) is 0.252. The topological polar surface area (TPSA) is 210 Å². The Morgan fingerprint density at radius 3 is 1.70 bits per heavy atom. The van der Waals surface area contributed by atoms with Crippen LogP contribution in [-0.2, 0) is 25.7 Å². The number of benzene rings is 1. The minimum Gasteiger partial charge on any atom is -0.478 e. The van der Waals surface area contributed by atoms with Gasteiger partial charge in [0.1, 0.15) is 5.82 Å². The molecule has 0 atom stereocenters. The number of rotatable bonds is 8. The lowest BCUT2D eigenvalue weighted by Gasteiger charge is -2.34. The molecule has 14 nitrogen and oxygen atoms in total. The van der Waals surface area contributed by atoms with Crippen molar-refractivity contribution < 1.29 is 39.6 Å². The summed E-state index contributed by atoms with van der Waals surface area (Å²) in [5.74, 6) is -3.27. The maximum absolute atomic E-state index is 9.55. The lowest BCUT2D eigenvalue weighted by atomic mass is 10.2. The molecular weight excluding hydrogens is 524 g/mol. The molecule has 0 amide bonds. The zero-order chi connectivity index (χ0) is 29.3. The Labute approximate surface area is 228 Å². The molecule has 210 valence electrons. The van der Waals surface area contributed by atoms with Crippen LogP contribution in [0.2, 0.25) is 0 Å². The molecule has 0 aliphatic carbocycles. The van der Waals surface area contributed by atoms with Gasteiger partial charge in [-0.15, -0.1) is 0 Å². The van der Waals surface area contributed by atoms with Gasteiger partial charge in [0, 0.05) is 86.9 Å². The Balaban J connectivity index is 0.000000290. The molecule has 3 heterocycles. The molecule has 2 aromatic heterocycles. The standard InChI is InChI=1S/C18H20N6.2C4H4O4/c1-2-5-15(6-3-1)17-21-13-16(22-17)14-23-9-11-24(12-10-23)18-19-7-4-8-20-18;2*5-3(6)1-2-4(7)8/h1-8,13H,9-12,14H2,(H,21,22);2*1-2H,(H,5,6)(H,7,8)/b;2*2-1-. The molecular formula is C26H28N6O8. The average molecular weight is 553 g/mol. The number of carboxylic acid groups (broad SMARTS) is 4. The predicted molar refractivity (Wildman–Crippen MR) is 142 cm³/mol. The number of hydrogen-bond donors (Lipinski definition) is 5. The number of aliphatic carboxylic acids is 4. The summed E-state index contributed by atoms with van der Waals surface area (Å²) in [5.41, 5.74) is 2.27. The van der Waals surface area contributed by atoms with Crippen molar-refractivity contribution in [1.82, 2.24) is 24.8 Å². The zero-order valence-corrected chi connectivity index (χ0v) is 21.2. The number of aromatic amines is 1. The van der Waals surface area contributed by atoms with Gasteiger partial charge in [0.15, 0.2) is 0 Å². The molecule has 1 aliphatic heterocycles. The highest BCUT2D eigenvalue weighted by Crippen LogP contribution is 2.16. The summed E-state index contributed by atoms with van der Waals surface area (Å²) in [6, 6.07) is 12.1. The van der Waals surface area contributed by atoms with Gasteiger partial charge in [0.25, 0.3) is 0 Å². The van der Waals surface area contributed by atoms with E-state index in [1.807, 2.05) is 30.5 Å². The molecule has 0 spiro atoms. The summed E-state index contributed by atoms with van der Waals surface area (Å²) < 4.78 is 0. The summed E-state index contributed by atoms with van der Waals surface area (Å²) in [6.07, 6.45) is 7.76. The molecule has 4 rings (SSSR count). The first-order valence-electron chi connectivity index (χ1n) is 11.8. The summed E-state index contributed by atoms with van der Waals surface area (Å²) in [5, 5.41) is 31.2. The van der Waals surface area contributed by atoms with E-state index in [0.29, 0.717) is 24.3 Å². The van der Waals surface area contributed by atoms with Crippen molar-refractivity contribution in [3.8, 4) is 11.4 Å². The van der Waals surface area contributed by atoms with Gasteiger partial charge >= 0.3 is 23.9 Å². The summed E-state index contributed by atoms with van der Waals surface area (Å²) in [7, 11) is 0. The van der Waals surface area contributed by atoms with Crippen molar-refractivity contribution in [3.63, 3.8) is 0 Å². The maximum Gasteiger partial charge on any atom is 0.328 e. The second-order valence-electron chi connectivity index (χ2n) is 7.95. The van der Waals surface area contributed by atoms with Crippen LogP contribution in [0, 0.1) is 0 Å². The second-order valence-corrected chi connectivity index (χ2v) is 7.95. The number of H-pyrrole nitrogens is 1. The van der Waals surface area contributed by atoms with E-state index in [9.17, 15) is 19.2 Å². The number of aromatic nitrogens is 4. The summed E-state index contributed by atoms with van der Waals surface area (Å²) in [6.45, 7) is 4.78. The number of piperazine rings is 1. The third kappa shape index (κ3) is 12.2. The number of carboxylic acids is 4. The van der Waals surface area contributed by atoms with Crippen LogP contribution in [0.25, 0.3) is 11.4 Å². The van der Waals surface area contributed by atoms with Gasteiger partial charge in [-0.25, -0.2) is 34.1 Å². The van der Waals surface area contributed by atoms with Crippen LogP contribution < -0.4 is 4.90 Å². The van der Waals surface area contributed by atoms with E-state index in [4.69, 9.17) is 20.4 Å². The monoisotopic (exact) mass is 552 g/mol. The van der Waals surface area contributed by atoms with Crippen LogP contribution >= 0.6 is 0 Å². The molecule has 0 bridgehead atoms. The average Bonchev–Trinajstić information content (AvgIpc) is 3.41. The van der Waals surface area contributed by atoms with Crippen molar-refractivity contribution in [2.45, 2.75) is 6.54 Å². The molecule has 1 saturated heterocycles. The van der Waals surface area contributed by atoms with E-state index in [-0.39, 0.29) is 0 Å². The molecule has 0 radical (unpaired) electrons. The van der Waals surface area contributed by atoms with Gasteiger partial charge in [0.05, 0.1) is 0 Å². The maximum atomic E-state index is 9.55. The summed E-state index contributed by atoms with van der Waals surface area (Å²) in [4.78, 5) is 59.5. The molecule has 3 aromatic rings. The van der Waals surface area contributed by atoms with Crippen LogP contribution in [0.3, 0.4) is 0 Å². The number of nitrogens with zero attached hydrogens (tertiary/aromatic N) is 5. The highest BCUT2D eigenvalue weighted by Gasteiger charge is 2.19. The van der Waals surface area contributed by atoms with Crippen molar-refractivity contribution >= 4 is 29.8 Å². The fourth-order valence-corrected chi connectivity index (χ4v) is 3.27. The van der Waals surface area contributed by atoms with E-state index in [1.54, 1.807) is 12.4 Å².